The van der Waals surface area contributed by atoms with Gasteiger partial charge in [0.05, 0.1) is 12.6 Å². The van der Waals surface area contributed by atoms with Crippen molar-refractivity contribution in [1.29, 1.82) is 0 Å². The van der Waals surface area contributed by atoms with Crippen molar-refractivity contribution in [2.45, 2.75) is 25.8 Å². The van der Waals surface area contributed by atoms with Gasteiger partial charge in [0, 0.05) is 31.1 Å². The van der Waals surface area contributed by atoms with Gasteiger partial charge in [0.15, 0.2) is 0 Å². The SMILES string of the molecule is CC1CCN(C(=O)CN2CC(N=[N+]=[N-])C2)CC1. The van der Waals surface area contributed by atoms with Crippen LogP contribution in [-0.4, -0.2) is 54.5 Å². The van der Waals surface area contributed by atoms with Crippen molar-refractivity contribution in [3.63, 3.8) is 0 Å². The Morgan fingerprint density at radius 1 is 1.41 bits per heavy atom. The number of rotatable bonds is 3. The summed E-state index contributed by atoms with van der Waals surface area (Å²) in [6.45, 7) is 5.95. The number of azide groups is 1. The Labute approximate surface area is 101 Å². The van der Waals surface area contributed by atoms with Crippen LogP contribution < -0.4 is 0 Å². The zero-order valence-corrected chi connectivity index (χ0v) is 10.2. The maximum atomic E-state index is 12.0. The number of piperidine rings is 1. The zero-order chi connectivity index (χ0) is 12.3. The van der Waals surface area contributed by atoms with Crippen molar-refractivity contribution in [2.24, 2.45) is 11.0 Å². The summed E-state index contributed by atoms with van der Waals surface area (Å²) in [4.78, 5) is 18.7. The molecule has 2 heterocycles. The highest BCUT2D eigenvalue weighted by molar-refractivity contribution is 5.78. The highest BCUT2D eigenvalue weighted by Crippen LogP contribution is 2.17. The molecule has 0 saturated carbocycles. The Kier molecular flexibility index (Phi) is 3.86. The first kappa shape index (κ1) is 12.2. The van der Waals surface area contributed by atoms with E-state index < -0.39 is 0 Å². The number of hydrogen-bond donors (Lipinski definition) is 0. The molecule has 2 aliphatic rings. The minimum atomic E-state index is 0.0641. The maximum absolute atomic E-state index is 12.0. The lowest BCUT2D eigenvalue weighted by Crippen LogP contribution is -2.54. The fourth-order valence-corrected chi connectivity index (χ4v) is 2.37. The predicted molar refractivity (Wildman–Crippen MR) is 64.4 cm³/mol. The van der Waals surface area contributed by atoms with Crippen LogP contribution in [0.3, 0.4) is 0 Å². The van der Waals surface area contributed by atoms with E-state index in [1.54, 1.807) is 0 Å². The molecule has 0 radical (unpaired) electrons. The van der Waals surface area contributed by atoms with Crippen LogP contribution >= 0.6 is 0 Å². The number of carbonyl (C=O) groups excluding carboxylic acids is 1. The van der Waals surface area contributed by atoms with E-state index in [1.807, 2.05) is 9.80 Å². The molecule has 0 spiro atoms. The lowest BCUT2D eigenvalue weighted by atomic mass is 9.99. The van der Waals surface area contributed by atoms with E-state index in [9.17, 15) is 4.79 Å². The first-order valence-electron chi connectivity index (χ1n) is 6.23. The van der Waals surface area contributed by atoms with E-state index in [2.05, 4.69) is 16.9 Å². The molecule has 94 valence electrons. The molecule has 0 aliphatic carbocycles. The van der Waals surface area contributed by atoms with Crippen LogP contribution in [0, 0.1) is 5.92 Å². The van der Waals surface area contributed by atoms with Crippen LogP contribution in [0.2, 0.25) is 0 Å². The summed E-state index contributed by atoms with van der Waals surface area (Å²) in [6, 6.07) is 0.0641. The van der Waals surface area contributed by atoms with E-state index in [4.69, 9.17) is 5.53 Å². The molecule has 0 aromatic rings. The van der Waals surface area contributed by atoms with Crippen LogP contribution in [0.4, 0.5) is 0 Å². The maximum Gasteiger partial charge on any atom is 0.236 e. The summed E-state index contributed by atoms with van der Waals surface area (Å²) < 4.78 is 0. The van der Waals surface area contributed by atoms with E-state index in [0.717, 1.165) is 44.9 Å². The molecular weight excluding hydrogens is 218 g/mol. The highest BCUT2D eigenvalue weighted by atomic mass is 16.2. The predicted octanol–water partition coefficient (Wildman–Crippen LogP) is 1.24. The minimum absolute atomic E-state index is 0.0641. The van der Waals surface area contributed by atoms with Crippen molar-refractivity contribution >= 4 is 5.91 Å². The Hall–Kier alpha value is -1.26. The monoisotopic (exact) mass is 237 g/mol. The Morgan fingerprint density at radius 3 is 2.65 bits per heavy atom. The van der Waals surface area contributed by atoms with Gasteiger partial charge in [0.1, 0.15) is 0 Å². The molecule has 6 nitrogen and oxygen atoms in total. The van der Waals surface area contributed by atoms with Gasteiger partial charge in [0.2, 0.25) is 5.91 Å². The van der Waals surface area contributed by atoms with E-state index in [-0.39, 0.29) is 11.9 Å². The van der Waals surface area contributed by atoms with E-state index >= 15 is 0 Å². The van der Waals surface area contributed by atoms with Gasteiger partial charge < -0.3 is 4.90 Å². The molecule has 6 heteroatoms. The summed E-state index contributed by atoms with van der Waals surface area (Å²) in [5, 5.41) is 3.62. The first-order chi connectivity index (χ1) is 8.19. The van der Waals surface area contributed by atoms with Crippen molar-refractivity contribution in [1.82, 2.24) is 9.80 Å². The molecule has 0 unspecified atom stereocenters. The average Bonchev–Trinajstić information content (AvgIpc) is 2.27. The third kappa shape index (κ3) is 3.11. The van der Waals surface area contributed by atoms with Gasteiger partial charge in [-0.2, -0.15) is 0 Å². The third-order valence-corrected chi connectivity index (χ3v) is 3.65. The number of hydrogen-bond acceptors (Lipinski definition) is 3. The average molecular weight is 237 g/mol. The second kappa shape index (κ2) is 5.38. The normalized spacial score (nSPS) is 23.0. The van der Waals surface area contributed by atoms with Crippen molar-refractivity contribution < 1.29 is 4.79 Å². The second-order valence-corrected chi connectivity index (χ2v) is 5.12. The number of carbonyl (C=O) groups is 1. The summed E-state index contributed by atoms with van der Waals surface area (Å²) in [6.07, 6.45) is 2.24. The van der Waals surface area contributed by atoms with E-state index in [1.165, 1.54) is 0 Å². The molecule has 1 amide bonds. The van der Waals surface area contributed by atoms with Crippen LogP contribution in [0.1, 0.15) is 19.8 Å². The number of likely N-dealkylation sites (tertiary alicyclic amines) is 2. The van der Waals surface area contributed by atoms with Gasteiger partial charge in [0.25, 0.3) is 0 Å². The third-order valence-electron chi connectivity index (χ3n) is 3.65. The summed E-state index contributed by atoms with van der Waals surface area (Å²) in [7, 11) is 0. The Morgan fingerprint density at radius 2 is 2.06 bits per heavy atom. The van der Waals surface area contributed by atoms with Gasteiger partial charge in [-0.05, 0) is 24.3 Å². The van der Waals surface area contributed by atoms with Crippen molar-refractivity contribution in [2.75, 3.05) is 32.7 Å². The standard InChI is InChI=1S/C11H19N5O/c1-9-2-4-16(5-3-9)11(17)8-15-6-10(7-15)13-14-12/h9-10H,2-8H2,1H3. The van der Waals surface area contributed by atoms with E-state index in [0.29, 0.717) is 6.54 Å². The fraction of sp³-hybridized carbons (Fsp3) is 0.909. The Balaban J connectivity index is 1.70. The quantitative estimate of drug-likeness (QED) is 0.421. The molecule has 2 fully saturated rings. The molecule has 0 aromatic carbocycles. The van der Waals surface area contributed by atoms with Gasteiger partial charge in [-0.1, -0.05) is 12.0 Å². The van der Waals surface area contributed by atoms with Crippen LogP contribution in [0.15, 0.2) is 5.11 Å². The molecule has 2 saturated heterocycles. The Bertz CT molecular complexity index is 325. The van der Waals surface area contributed by atoms with Crippen LogP contribution in [0.5, 0.6) is 0 Å². The molecule has 0 aromatic heterocycles. The smallest absolute Gasteiger partial charge is 0.236 e. The highest BCUT2D eigenvalue weighted by Gasteiger charge is 2.29. The first-order valence-corrected chi connectivity index (χ1v) is 6.23. The molecule has 0 atom stereocenters. The van der Waals surface area contributed by atoms with Gasteiger partial charge in [-0.15, -0.1) is 0 Å². The molecule has 17 heavy (non-hydrogen) atoms. The minimum Gasteiger partial charge on any atom is -0.342 e. The largest absolute Gasteiger partial charge is 0.342 e. The summed E-state index contributed by atoms with van der Waals surface area (Å²) in [5.74, 6) is 0.966. The lowest BCUT2D eigenvalue weighted by molar-refractivity contribution is -0.134. The summed E-state index contributed by atoms with van der Waals surface area (Å²) >= 11 is 0. The second-order valence-electron chi connectivity index (χ2n) is 5.12. The lowest BCUT2D eigenvalue weighted by Gasteiger charge is -2.38. The zero-order valence-electron chi connectivity index (χ0n) is 10.2. The van der Waals surface area contributed by atoms with Crippen LogP contribution in [0.25, 0.3) is 10.4 Å². The summed E-state index contributed by atoms with van der Waals surface area (Å²) in [5.41, 5.74) is 8.26. The molecular formula is C11H19N5O. The van der Waals surface area contributed by atoms with Crippen molar-refractivity contribution in [3.05, 3.63) is 10.4 Å². The number of amides is 1. The molecule has 2 aliphatic heterocycles. The topological polar surface area (TPSA) is 72.3 Å². The van der Waals surface area contributed by atoms with Gasteiger partial charge in [-0.25, -0.2) is 0 Å². The van der Waals surface area contributed by atoms with Gasteiger partial charge >= 0.3 is 0 Å². The van der Waals surface area contributed by atoms with Crippen LogP contribution in [-0.2, 0) is 4.79 Å². The fourth-order valence-electron chi connectivity index (χ4n) is 2.37. The van der Waals surface area contributed by atoms with Gasteiger partial charge in [-0.3, -0.25) is 9.69 Å². The molecule has 2 rings (SSSR count). The molecule has 0 bridgehead atoms. The molecule has 0 N–H and O–H groups in total. The van der Waals surface area contributed by atoms with Crippen molar-refractivity contribution in [3.8, 4) is 0 Å². The number of nitrogens with zero attached hydrogens (tertiary/aromatic N) is 5.